The molecular weight excluding hydrogens is 451 g/mol. The normalized spacial score (nSPS) is 15.2. The van der Waals surface area contributed by atoms with Crippen LogP contribution in [0.3, 0.4) is 0 Å². The molecule has 0 aromatic heterocycles. The van der Waals surface area contributed by atoms with Crippen LogP contribution in [0, 0.1) is 5.92 Å². The van der Waals surface area contributed by atoms with Gasteiger partial charge in [-0.15, -0.1) is 0 Å². The minimum Gasteiger partial charge on any atom is -0.370 e. The number of nitrogens with one attached hydrogen (secondary N) is 1. The fourth-order valence-electron chi connectivity index (χ4n) is 3.29. The third-order valence-electron chi connectivity index (χ3n) is 4.92. The van der Waals surface area contributed by atoms with Gasteiger partial charge in [0.25, 0.3) is 5.91 Å². The van der Waals surface area contributed by atoms with E-state index >= 15 is 0 Å². The van der Waals surface area contributed by atoms with Gasteiger partial charge >= 0.3 is 6.18 Å². The second-order valence-corrected chi connectivity index (χ2v) is 7.77. The average molecular weight is 470 g/mol. The molecule has 1 fully saturated rings. The molecule has 0 spiro atoms. The molecule has 0 saturated carbocycles. The third kappa shape index (κ3) is 5.09. The van der Waals surface area contributed by atoms with Gasteiger partial charge in [-0.05, 0) is 55.3 Å². The lowest BCUT2D eigenvalue weighted by atomic mass is 9.95. The number of anilines is 2. The van der Waals surface area contributed by atoms with Gasteiger partial charge in [0.15, 0.2) is 0 Å². The van der Waals surface area contributed by atoms with Crippen LogP contribution in [0.25, 0.3) is 0 Å². The maximum atomic E-state index is 13.2. The first-order valence-electron chi connectivity index (χ1n) is 8.97. The summed E-state index contributed by atoms with van der Waals surface area (Å²) in [6.45, 7) is 0.917. The van der Waals surface area contributed by atoms with E-state index < -0.39 is 17.6 Å². The van der Waals surface area contributed by atoms with Crippen LogP contribution >= 0.6 is 15.9 Å². The summed E-state index contributed by atoms with van der Waals surface area (Å²) < 4.78 is 40.4. The second-order valence-electron chi connectivity index (χ2n) is 6.85. The number of hydrogen-bond donors (Lipinski definition) is 2. The van der Waals surface area contributed by atoms with Crippen molar-refractivity contribution in [3.8, 4) is 0 Å². The van der Waals surface area contributed by atoms with Gasteiger partial charge in [-0.2, -0.15) is 13.2 Å². The molecule has 0 atom stereocenters. The Kier molecular flexibility index (Phi) is 6.16. The van der Waals surface area contributed by atoms with Gasteiger partial charge in [-0.1, -0.05) is 15.9 Å². The second kappa shape index (κ2) is 8.44. The lowest BCUT2D eigenvalue weighted by molar-refractivity contribution is -0.137. The fraction of sp³-hybridized carbons (Fsp3) is 0.300. The van der Waals surface area contributed by atoms with Crippen LogP contribution in [0.2, 0.25) is 0 Å². The standard InChI is InChI=1S/C20H19BrF3N3O2/c21-15-4-1-13(2-5-15)19(29)26-16-11-14(20(22,23)24)3-6-17(16)27-9-7-12(8-10-27)18(25)28/h1-6,11-12H,7-10H2,(H2,25,28)(H,26,29). The van der Waals surface area contributed by atoms with Crippen LogP contribution in [0.15, 0.2) is 46.9 Å². The zero-order valence-corrected chi connectivity index (χ0v) is 16.9. The number of piperidine rings is 1. The summed E-state index contributed by atoms with van der Waals surface area (Å²) in [5, 5.41) is 2.60. The first kappa shape index (κ1) is 21.2. The minimum absolute atomic E-state index is 0.0743. The summed E-state index contributed by atoms with van der Waals surface area (Å²) in [6, 6.07) is 9.78. The summed E-state index contributed by atoms with van der Waals surface area (Å²) in [6.07, 6.45) is -3.51. The summed E-state index contributed by atoms with van der Waals surface area (Å²) in [4.78, 5) is 25.8. The van der Waals surface area contributed by atoms with Crippen molar-refractivity contribution in [2.24, 2.45) is 11.7 Å². The predicted octanol–water partition coefficient (Wildman–Crippen LogP) is 4.42. The van der Waals surface area contributed by atoms with Gasteiger partial charge in [0.1, 0.15) is 0 Å². The molecule has 1 saturated heterocycles. The molecule has 0 unspecified atom stereocenters. The number of carbonyl (C=O) groups excluding carboxylic acids is 2. The zero-order chi connectivity index (χ0) is 21.2. The molecule has 154 valence electrons. The SMILES string of the molecule is NC(=O)C1CCN(c2ccc(C(F)(F)F)cc2NC(=O)c2ccc(Br)cc2)CC1. The summed E-state index contributed by atoms with van der Waals surface area (Å²) in [5.74, 6) is -1.13. The van der Waals surface area contributed by atoms with Crippen molar-refractivity contribution >= 4 is 39.1 Å². The van der Waals surface area contributed by atoms with Gasteiger partial charge in [-0.25, -0.2) is 0 Å². The van der Waals surface area contributed by atoms with Crippen LogP contribution in [0.5, 0.6) is 0 Å². The molecule has 3 N–H and O–H groups in total. The maximum Gasteiger partial charge on any atom is 0.416 e. The lowest BCUT2D eigenvalue weighted by Gasteiger charge is -2.33. The molecule has 3 rings (SSSR count). The van der Waals surface area contributed by atoms with E-state index in [1.807, 2.05) is 4.90 Å². The number of nitrogens with two attached hydrogens (primary N) is 1. The first-order chi connectivity index (χ1) is 13.6. The molecular formula is C20H19BrF3N3O2. The van der Waals surface area contributed by atoms with Gasteiger partial charge in [0.05, 0.1) is 16.9 Å². The summed E-state index contributed by atoms with van der Waals surface area (Å²) in [7, 11) is 0. The van der Waals surface area contributed by atoms with Crippen molar-refractivity contribution in [1.82, 2.24) is 0 Å². The Hall–Kier alpha value is -2.55. The minimum atomic E-state index is -4.53. The van der Waals surface area contributed by atoms with Gasteiger partial charge in [0.2, 0.25) is 5.91 Å². The van der Waals surface area contributed by atoms with E-state index in [2.05, 4.69) is 21.2 Å². The molecule has 2 aromatic rings. The van der Waals surface area contributed by atoms with Crippen LogP contribution < -0.4 is 16.0 Å². The number of primary amides is 1. The van der Waals surface area contributed by atoms with Crippen molar-refractivity contribution in [1.29, 1.82) is 0 Å². The van der Waals surface area contributed by atoms with Crippen LogP contribution in [-0.2, 0) is 11.0 Å². The Labute approximate surface area is 174 Å². The highest BCUT2D eigenvalue weighted by molar-refractivity contribution is 9.10. The molecule has 29 heavy (non-hydrogen) atoms. The van der Waals surface area contributed by atoms with E-state index in [1.165, 1.54) is 6.07 Å². The van der Waals surface area contributed by atoms with Crippen LogP contribution in [0.4, 0.5) is 24.5 Å². The van der Waals surface area contributed by atoms with Gasteiger partial charge in [-0.3, -0.25) is 9.59 Å². The highest BCUT2D eigenvalue weighted by Gasteiger charge is 2.32. The number of halogens is 4. The summed E-state index contributed by atoms with van der Waals surface area (Å²) >= 11 is 3.28. The molecule has 2 amide bonds. The third-order valence-corrected chi connectivity index (χ3v) is 5.45. The van der Waals surface area contributed by atoms with E-state index in [0.29, 0.717) is 37.2 Å². The van der Waals surface area contributed by atoms with Gasteiger partial charge < -0.3 is 16.0 Å². The number of benzene rings is 2. The molecule has 0 aliphatic carbocycles. The Morgan fingerprint density at radius 1 is 1.07 bits per heavy atom. The molecule has 1 aliphatic rings. The van der Waals surface area contributed by atoms with Crippen LogP contribution in [0.1, 0.15) is 28.8 Å². The zero-order valence-electron chi connectivity index (χ0n) is 15.3. The fourth-order valence-corrected chi connectivity index (χ4v) is 3.55. The number of nitrogens with zero attached hydrogens (tertiary/aromatic N) is 1. The maximum absolute atomic E-state index is 13.2. The largest absolute Gasteiger partial charge is 0.416 e. The van der Waals surface area contributed by atoms with Crippen LogP contribution in [-0.4, -0.2) is 24.9 Å². The molecule has 0 radical (unpaired) electrons. The molecule has 5 nitrogen and oxygen atoms in total. The monoisotopic (exact) mass is 469 g/mol. The van der Waals surface area contributed by atoms with E-state index in [1.54, 1.807) is 24.3 Å². The Bertz CT molecular complexity index is 908. The number of hydrogen-bond acceptors (Lipinski definition) is 3. The van der Waals surface area contributed by atoms with Gasteiger partial charge in [0, 0.05) is 29.0 Å². The van der Waals surface area contributed by atoms with Crippen molar-refractivity contribution in [3.63, 3.8) is 0 Å². The number of alkyl halides is 3. The van der Waals surface area contributed by atoms with E-state index in [4.69, 9.17) is 5.73 Å². The van der Waals surface area contributed by atoms with E-state index in [0.717, 1.165) is 16.6 Å². The van der Waals surface area contributed by atoms with Crippen molar-refractivity contribution < 1.29 is 22.8 Å². The molecule has 1 aliphatic heterocycles. The molecule has 0 bridgehead atoms. The van der Waals surface area contributed by atoms with Crippen molar-refractivity contribution in [3.05, 3.63) is 58.1 Å². The van der Waals surface area contributed by atoms with Crippen molar-refractivity contribution in [2.75, 3.05) is 23.3 Å². The van der Waals surface area contributed by atoms with E-state index in [-0.39, 0.29) is 17.5 Å². The van der Waals surface area contributed by atoms with E-state index in [9.17, 15) is 22.8 Å². The molecule has 9 heteroatoms. The number of carbonyl (C=O) groups is 2. The summed E-state index contributed by atoms with van der Waals surface area (Å²) in [5.41, 5.74) is 5.37. The smallest absolute Gasteiger partial charge is 0.370 e. The molecule has 2 aromatic carbocycles. The predicted molar refractivity (Wildman–Crippen MR) is 108 cm³/mol. The van der Waals surface area contributed by atoms with Crippen molar-refractivity contribution in [2.45, 2.75) is 19.0 Å². The molecule has 1 heterocycles. The Morgan fingerprint density at radius 3 is 2.24 bits per heavy atom. The highest BCUT2D eigenvalue weighted by atomic mass is 79.9. The number of rotatable bonds is 4. The number of amides is 2. The highest BCUT2D eigenvalue weighted by Crippen LogP contribution is 2.37. The Balaban J connectivity index is 1.89. The topological polar surface area (TPSA) is 75.4 Å². The Morgan fingerprint density at radius 2 is 1.69 bits per heavy atom. The first-order valence-corrected chi connectivity index (χ1v) is 9.77. The average Bonchev–Trinajstić information content (AvgIpc) is 2.68. The quantitative estimate of drug-likeness (QED) is 0.695. The lowest BCUT2D eigenvalue weighted by Crippen LogP contribution is -2.39.